The van der Waals surface area contributed by atoms with E-state index < -0.39 is 28.5 Å². The summed E-state index contributed by atoms with van der Waals surface area (Å²) in [5.41, 5.74) is 1.59. The average Bonchev–Trinajstić information content (AvgIpc) is 2.77. The van der Waals surface area contributed by atoms with Crippen molar-refractivity contribution in [3.63, 3.8) is 0 Å². The Morgan fingerprint density at radius 2 is 1.65 bits per heavy atom. The molecule has 0 aliphatic heterocycles. The van der Waals surface area contributed by atoms with Gasteiger partial charge in [0, 0.05) is 28.7 Å². The zero-order valence-corrected chi connectivity index (χ0v) is 22.2. The van der Waals surface area contributed by atoms with Crippen LogP contribution in [0.15, 0.2) is 42.5 Å². The number of amides is 2. The fourth-order valence-electron chi connectivity index (χ4n) is 3.58. The van der Waals surface area contributed by atoms with Crippen LogP contribution in [0.2, 0.25) is 10.0 Å². The number of anilines is 1. The summed E-state index contributed by atoms with van der Waals surface area (Å²) < 4.78 is 26.4. The molecule has 186 valence electrons. The molecule has 0 saturated heterocycles. The third kappa shape index (κ3) is 7.10. The molecule has 10 heteroatoms. The van der Waals surface area contributed by atoms with Gasteiger partial charge in [-0.2, -0.15) is 0 Å². The number of para-hydroxylation sites is 1. The van der Waals surface area contributed by atoms with E-state index in [0.29, 0.717) is 39.8 Å². The largest absolute Gasteiger partial charge is 0.354 e. The molecule has 0 fully saturated rings. The molecule has 1 unspecified atom stereocenters. The monoisotopic (exact) mass is 527 g/mol. The molecule has 0 spiro atoms. The maximum absolute atomic E-state index is 13.6. The minimum absolute atomic E-state index is 0.0409. The van der Waals surface area contributed by atoms with Gasteiger partial charge < -0.3 is 10.2 Å². The van der Waals surface area contributed by atoms with Crippen LogP contribution in [0.25, 0.3) is 0 Å². The van der Waals surface area contributed by atoms with E-state index in [1.54, 1.807) is 56.3 Å². The number of hydrogen-bond donors (Lipinski definition) is 1. The van der Waals surface area contributed by atoms with Crippen molar-refractivity contribution in [3.8, 4) is 0 Å². The van der Waals surface area contributed by atoms with Crippen molar-refractivity contribution in [1.29, 1.82) is 0 Å². The fourth-order valence-corrected chi connectivity index (χ4v) is 5.00. The van der Waals surface area contributed by atoms with Gasteiger partial charge in [-0.05, 0) is 43.5 Å². The van der Waals surface area contributed by atoms with E-state index in [1.165, 1.54) is 4.90 Å². The summed E-state index contributed by atoms with van der Waals surface area (Å²) >= 11 is 12.7. The van der Waals surface area contributed by atoms with Crippen LogP contribution in [0.5, 0.6) is 0 Å². The van der Waals surface area contributed by atoms with Crippen LogP contribution in [0.4, 0.5) is 5.69 Å². The predicted octanol–water partition coefficient (Wildman–Crippen LogP) is 4.40. The Bertz CT molecular complexity index is 1100. The van der Waals surface area contributed by atoms with Crippen LogP contribution >= 0.6 is 23.2 Å². The molecule has 0 aliphatic rings. The van der Waals surface area contributed by atoms with E-state index in [9.17, 15) is 18.0 Å². The van der Waals surface area contributed by atoms with E-state index in [-0.39, 0.29) is 12.5 Å². The van der Waals surface area contributed by atoms with Crippen LogP contribution in [-0.2, 0) is 26.2 Å². The van der Waals surface area contributed by atoms with Gasteiger partial charge in [-0.1, -0.05) is 61.3 Å². The van der Waals surface area contributed by atoms with Crippen molar-refractivity contribution < 1.29 is 18.0 Å². The molecule has 0 radical (unpaired) electrons. The second-order valence-corrected chi connectivity index (χ2v) is 10.7. The second kappa shape index (κ2) is 12.4. The predicted molar refractivity (Wildman–Crippen MR) is 138 cm³/mol. The Morgan fingerprint density at radius 3 is 2.18 bits per heavy atom. The molecule has 0 aliphatic carbocycles. The van der Waals surface area contributed by atoms with Crippen LogP contribution in [0.3, 0.4) is 0 Å². The number of sulfonamides is 1. The topological polar surface area (TPSA) is 86.8 Å². The van der Waals surface area contributed by atoms with Gasteiger partial charge in [0.25, 0.3) is 0 Å². The lowest BCUT2D eigenvalue weighted by Crippen LogP contribution is -2.52. The standard InChI is InChI=1S/C24H31Cl2N3O4S/c1-5-14-27-24(31)21(6-2)28(15-18-19(25)11-9-12-20(18)26)23(30)16-29(34(4,32)33)22-13-8-7-10-17(22)3/h7-13,21H,5-6,14-16H2,1-4H3,(H,27,31). The number of carbonyl (C=O) groups is 2. The smallest absolute Gasteiger partial charge is 0.244 e. The first-order valence-electron chi connectivity index (χ1n) is 11.0. The van der Waals surface area contributed by atoms with Crippen molar-refractivity contribution in [2.45, 2.75) is 46.2 Å². The minimum atomic E-state index is -3.79. The fraction of sp³-hybridized carbons (Fsp3) is 0.417. The van der Waals surface area contributed by atoms with Gasteiger partial charge in [0.1, 0.15) is 12.6 Å². The Labute approximate surface area is 212 Å². The van der Waals surface area contributed by atoms with Crippen molar-refractivity contribution in [3.05, 3.63) is 63.6 Å². The summed E-state index contributed by atoms with van der Waals surface area (Å²) in [7, 11) is -3.79. The van der Waals surface area contributed by atoms with Crippen molar-refractivity contribution in [1.82, 2.24) is 10.2 Å². The highest BCUT2D eigenvalue weighted by molar-refractivity contribution is 7.92. The molecule has 34 heavy (non-hydrogen) atoms. The van der Waals surface area contributed by atoms with Crippen molar-refractivity contribution in [2.24, 2.45) is 0 Å². The van der Waals surface area contributed by atoms with Gasteiger partial charge in [0.05, 0.1) is 11.9 Å². The van der Waals surface area contributed by atoms with E-state index in [4.69, 9.17) is 23.2 Å². The van der Waals surface area contributed by atoms with Crippen molar-refractivity contribution >= 4 is 50.7 Å². The highest BCUT2D eigenvalue weighted by Gasteiger charge is 2.32. The first-order valence-corrected chi connectivity index (χ1v) is 13.6. The zero-order chi connectivity index (χ0) is 25.5. The van der Waals surface area contributed by atoms with E-state index >= 15 is 0 Å². The molecule has 1 atom stereocenters. The SMILES string of the molecule is CCCNC(=O)C(CC)N(Cc1c(Cl)cccc1Cl)C(=O)CN(c1ccccc1C)S(C)(=O)=O. The summed E-state index contributed by atoms with van der Waals surface area (Å²) in [6.07, 6.45) is 2.11. The number of hydrogen-bond acceptors (Lipinski definition) is 4. The molecule has 2 aromatic carbocycles. The highest BCUT2D eigenvalue weighted by Crippen LogP contribution is 2.28. The molecule has 2 amide bonds. The van der Waals surface area contributed by atoms with E-state index in [1.807, 2.05) is 6.92 Å². The first kappa shape index (κ1) is 28.0. The van der Waals surface area contributed by atoms with Gasteiger partial charge in [0.15, 0.2) is 0 Å². The normalized spacial score (nSPS) is 12.2. The first-order chi connectivity index (χ1) is 16.0. The third-order valence-corrected chi connectivity index (χ3v) is 7.22. The number of aryl methyl sites for hydroxylation is 1. The van der Waals surface area contributed by atoms with Gasteiger partial charge in [-0.25, -0.2) is 8.42 Å². The lowest BCUT2D eigenvalue weighted by Gasteiger charge is -2.33. The van der Waals surface area contributed by atoms with Crippen LogP contribution < -0.4 is 9.62 Å². The lowest BCUT2D eigenvalue weighted by atomic mass is 10.1. The van der Waals surface area contributed by atoms with Gasteiger partial charge in [0.2, 0.25) is 21.8 Å². The molecule has 1 N–H and O–H groups in total. The van der Waals surface area contributed by atoms with Gasteiger partial charge >= 0.3 is 0 Å². The molecule has 0 heterocycles. The highest BCUT2D eigenvalue weighted by atomic mass is 35.5. The van der Waals surface area contributed by atoms with Gasteiger partial charge in [-0.3, -0.25) is 13.9 Å². The summed E-state index contributed by atoms with van der Waals surface area (Å²) in [5, 5.41) is 3.54. The molecule has 2 rings (SSSR count). The summed E-state index contributed by atoms with van der Waals surface area (Å²) in [6, 6.07) is 11.1. The number of halogens is 2. The number of rotatable bonds is 11. The average molecular weight is 529 g/mol. The quantitative estimate of drug-likeness (QED) is 0.469. The molecule has 0 aromatic heterocycles. The third-order valence-electron chi connectivity index (χ3n) is 5.39. The van der Waals surface area contributed by atoms with Crippen LogP contribution in [0, 0.1) is 6.92 Å². The number of nitrogens with one attached hydrogen (secondary N) is 1. The molecular weight excluding hydrogens is 497 g/mol. The minimum Gasteiger partial charge on any atom is -0.354 e. The number of nitrogens with zero attached hydrogens (tertiary/aromatic N) is 2. The van der Waals surface area contributed by atoms with Gasteiger partial charge in [-0.15, -0.1) is 0 Å². The summed E-state index contributed by atoms with van der Waals surface area (Å²) in [5.74, 6) is -0.856. The molecular formula is C24H31Cl2N3O4S. The summed E-state index contributed by atoms with van der Waals surface area (Å²) in [4.78, 5) is 27.9. The Kier molecular flexibility index (Phi) is 10.2. The lowest BCUT2D eigenvalue weighted by molar-refractivity contribution is -0.140. The van der Waals surface area contributed by atoms with E-state index in [2.05, 4.69) is 5.32 Å². The maximum atomic E-state index is 13.6. The zero-order valence-electron chi connectivity index (χ0n) is 19.8. The Balaban J connectivity index is 2.50. The maximum Gasteiger partial charge on any atom is 0.244 e. The number of benzene rings is 2. The van der Waals surface area contributed by atoms with Crippen LogP contribution in [-0.4, -0.2) is 50.5 Å². The number of carbonyl (C=O) groups excluding carboxylic acids is 2. The van der Waals surface area contributed by atoms with Crippen LogP contribution in [0.1, 0.15) is 37.8 Å². The Hall–Kier alpha value is -2.29. The van der Waals surface area contributed by atoms with Crippen molar-refractivity contribution in [2.75, 3.05) is 23.7 Å². The molecule has 0 bridgehead atoms. The molecule has 0 saturated carbocycles. The van der Waals surface area contributed by atoms with E-state index in [0.717, 1.165) is 17.0 Å². The summed E-state index contributed by atoms with van der Waals surface area (Å²) in [6.45, 7) is 5.44. The Morgan fingerprint density at radius 1 is 1.03 bits per heavy atom. The molecule has 7 nitrogen and oxygen atoms in total. The second-order valence-electron chi connectivity index (χ2n) is 7.99. The molecule has 2 aromatic rings.